The molecule has 0 radical (unpaired) electrons. The molecule has 6 nitrogen and oxygen atoms in total. The lowest BCUT2D eigenvalue weighted by molar-refractivity contribution is 0.191. The van der Waals surface area contributed by atoms with Crippen molar-refractivity contribution in [2.24, 2.45) is 0 Å². The van der Waals surface area contributed by atoms with Crippen LogP contribution in [0.5, 0.6) is 5.75 Å². The normalized spacial score (nSPS) is 19.6. The maximum absolute atomic E-state index is 13.2. The molecule has 6 heteroatoms. The summed E-state index contributed by atoms with van der Waals surface area (Å²) in [5.41, 5.74) is 1.29. The first-order valence-electron chi connectivity index (χ1n) is 11.1. The SMILES string of the molecule is COc1ccccc1[C@@H]1CCN(CCN(C(=O)N2CCCCC2)c2ccccn2)C1. The van der Waals surface area contributed by atoms with Crippen molar-refractivity contribution in [1.82, 2.24) is 14.8 Å². The number of carbonyl (C=O) groups is 1. The van der Waals surface area contributed by atoms with E-state index in [0.29, 0.717) is 12.5 Å². The number of ether oxygens (including phenoxy) is 1. The number of urea groups is 1. The van der Waals surface area contributed by atoms with Crippen molar-refractivity contribution in [1.29, 1.82) is 0 Å². The molecule has 0 bridgehead atoms. The number of anilines is 1. The van der Waals surface area contributed by atoms with Crippen LogP contribution in [0.4, 0.5) is 10.6 Å². The maximum Gasteiger partial charge on any atom is 0.325 e. The van der Waals surface area contributed by atoms with E-state index in [9.17, 15) is 4.79 Å². The number of hydrogen-bond acceptors (Lipinski definition) is 4. The number of nitrogens with zero attached hydrogens (tertiary/aromatic N) is 4. The number of hydrogen-bond donors (Lipinski definition) is 0. The summed E-state index contributed by atoms with van der Waals surface area (Å²) >= 11 is 0. The number of aromatic nitrogens is 1. The summed E-state index contributed by atoms with van der Waals surface area (Å²) in [4.78, 5) is 24.0. The number of para-hydroxylation sites is 1. The van der Waals surface area contributed by atoms with Crippen LogP contribution in [0.1, 0.15) is 37.2 Å². The molecule has 1 atom stereocenters. The van der Waals surface area contributed by atoms with Crippen LogP contribution in [0.15, 0.2) is 48.7 Å². The lowest BCUT2D eigenvalue weighted by Crippen LogP contribution is -2.48. The Labute approximate surface area is 179 Å². The van der Waals surface area contributed by atoms with E-state index in [2.05, 4.69) is 22.0 Å². The molecular formula is C24H32N4O2. The van der Waals surface area contributed by atoms with Crippen molar-refractivity contribution in [3.63, 3.8) is 0 Å². The zero-order valence-corrected chi connectivity index (χ0v) is 17.9. The average molecular weight is 409 g/mol. The lowest BCUT2D eigenvalue weighted by atomic mass is 9.97. The van der Waals surface area contributed by atoms with Crippen LogP contribution < -0.4 is 9.64 Å². The minimum atomic E-state index is 0.0916. The van der Waals surface area contributed by atoms with Crippen LogP contribution in [0.3, 0.4) is 0 Å². The lowest BCUT2D eigenvalue weighted by Gasteiger charge is -2.33. The van der Waals surface area contributed by atoms with E-state index >= 15 is 0 Å². The Hall–Kier alpha value is -2.60. The van der Waals surface area contributed by atoms with Crippen LogP contribution in [-0.4, -0.2) is 67.2 Å². The summed E-state index contributed by atoms with van der Waals surface area (Å²) in [6.07, 6.45) is 6.28. The number of piperidine rings is 1. The van der Waals surface area contributed by atoms with Crippen LogP contribution in [-0.2, 0) is 0 Å². The number of carbonyl (C=O) groups excluding carboxylic acids is 1. The highest BCUT2D eigenvalue weighted by Crippen LogP contribution is 2.33. The summed E-state index contributed by atoms with van der Waals surface area (Å²) in [5, 5.41) is 0. The van der Waals surface area contributed by atoms with E-state index in [1.54, 1.807) is 13.3 Å². The van der Waals surface area contributed by atoms with Crippen molar-refractivity contribution in [2.45, 2.75) is 31.6 Å². The molecule has 30 heavy (non-hydrogen) atoms. The third-order valence-electron chi connectivity index (χ3n) is 6.27. The first-order chi connectivity index (χ1) is 14.8. The quantitative estimate of drug-likeness (QED) is 0.725. The summed E-state index contributed by atoms with van der Waals surface area (Å²) in [6.45, 7) is 5.24. The fraction of sp³-hybridized carbons (Fsp3) is 0.500. The van der Waals surface area contributed by atoms with Crippen molar-refractivity contribution in [2.75, 3.05) is 51.3 Å². The Morgan fingerprint density at radius 2 is 1.90 bits per heavy atom. The van der Waals surface area contributed by atoms with Crippen molar-refractivity contribution < 1.29 is 9.53 Å². The van der Waals surface area contributed by atoms with Gasteiger partial charge in [-0.25, -0.2) is 9.78 Å². The Bertz CT molecular complexity index is 823. The summed E-state index contributed by atoms with van der Waals surface area (Å²) in [7, 11) is 1.74. The van der Waals surface area contributed by atoms with Crippen molar-refractivity contribution in [3.05, 3.63) is 54.2 Å². The first kappa shape index (κ1) is 20.7. The second-order valence-corrected chi connectivity index (χ2v) is 8.20. The Kier molecular flexibility index (Phi) is 6.84. The standard InChI is InChI=1S/C24H32N4O2/c1-30-22-10-4-3-9-21(22)20-12-16-26(19-20)17-18-28(23-11-5-6-13-25-23)24(29)27-14-7-2-8-15-27/h3-6,9-11,13,20H,2,7-8,12,14-19H2,1H3/t20-/m1/s1. The Balaban J connectivity index is 1.41. The molecule has 2 aliphatic rings. The van der Waals surface area contributed by atoms with Gasteiger partial charge in [0, 0.05) is 44.8 Å². The monoisotopic (exact) mass is 408 g/mol. The Morgan fingerprint density at radius 1 is 1.10 bits per heavy atom. The van der Waals surface area contributed by atoms with Gasteiger partial charge in [-0.2, -0.15) is 0 Å². The second-order valence-electron chi connectivity index (χ2n) is 8.20. The zero-order valence-electron chi connectivity index (χ0n) is 17.9. The van der Waals surface area contributed by atoms with E-state index in [0.717, 1.165) is 63.6 Å². The summed E-state index contributed by atoms with van der Waals surface area (Å²) < 4.78 is 5.56. The average Bonchev–Trinajstić information content (AvgIpc) is 3.29. The fourth-order valence-electron chi connectivity index (χ4n) is 4.61. The molecule has 2 saturated heterocycles. The van der Waals surface area contributed by atoms with Gasteiger partial charge in [-0.05, 0) is 56.0 Å². The fourth-order valence-corrected chi connectivity index (χ4v) is 4.61. The predicted molar refractivity (Wildman–Crippen MR) is 119 cm³/mol. The number of amides is 2. The van der Waals surface area contributed by atoms with Gasteiger partial charge < -0.3 is 14.5 Å². The molecule has 0 unspecified atom stereocenters. The molecular weight excluding hydrogens is 376 g/mol. The van der Waals surface area contributed by atoms with Crippen LogP contribution in [0.25, 0.3) is 0 Å². The summed E-state index contributed by atoms with van der Waals surface area (Å²) in [5.74, 6) is 2.19. The van der Waals surface area contributed by atoms with Crippen molar-refractivity contribution >= 4 is 11.8 Å². The smallest absolute Gasteiger partial charge is 0.325 e. The van der Waals surface area contributed by atoms with E-state index in [4.69, 9.17) is 4.74 Å². The van der Waals surface area contributed by atoms with E-state index in [1.807, 2.05) is 40.1 Å². The first-order valence-corrected chi connectivity index (χ1v) is 11.1. The van der Waals surface area contributed by atoms with Gasteiger partial charge in [-0.1, -0.05) is 24.3 Å². The van der Waals surface area contributed by atoms with Gasteiger partial charge in [0.05, 0.1) is 7.11 Å². The number of rotatable bonds is 6. The van der Waals surface area contributed by atoms with Gasteiger partial charge in [0.25, 0.3) is 0 Å². The van der Waals surface area contributed by atoms with Gasteiger partial charge in [0.2, 0.25) is 0 Å². The maximum atomic E-state index is 13.2. The molecule has 0 saturated carbocycles. The molecule has 0 aliphatic carbocycles. The molecule has 3 heterocycles. The zero-order chi connectivity index (χ0) is 20.8. The molecule has 2 aromatic rings. The van der Waals surface area contributed by atoms with Crippen LogP contribution in [0, 0.1) is 0 Å². The molecule has 2 aliphatic heterocycles. The number of benzene rings is 1. The predicted octanol–water partition coefficient (Wildman–Crippen LogP) is 3.99. The highest BCUT2D eigenvalue weighted by molar-refractivity contribution is 5.91. The molecule has 2 fully saturated rings. The third-order valence-corrected chi connectivity index (χ3v) is 6.27. The van der Waals surface area contributed by atoms with Gasteiger partial charge in [-0.15, -0.1) is 0 Å². The topological polar surface area (TPSA) is 48.9 Å². The molecule has 0 spiro atoms. The highest BCUT2D eigenvalue weighted by atomic mass is 16.5. The minimum absolute atomic E-state index is 0.0916. The Morgan fingerprint density at radius 3 is 2.67 bits per heavy atom. The number of methoxy groups -OCH3 is 1. The van der Waals surface area contributed by atoms with Gasteiger partial charge >= 0.3 is 6.03 Å². The van der Waals surface area contributed by atoms with Crippen molar-refractivity contribution in [3.8, 4) is 5.75 Å². The van der Waals surface area contributed by atoms with Gasteiger partial charge in [-0.3, -0.25) is 4.90 Å². The van der Waals surface area contributed by atoms with Gasteiger partial charge in [0.15, 0.2) is 0 Å². The number of pyridine rings is 1. The minimum Gasteiger partial charge on any atom is -0.496 e. The molecule has 4 rings (SSSR count). The van der Waals surface area contributed by atoms with Gasteiger partial charge in [0.1, 0.15) is 11.6 Å². The third kappa shape index (κ3) is 4.75. The van der Waals surface area contributed by atoms with Crippen LogP contribution in [0.2, 0.25) is 0 Å². The summed E-state index contributed by atoms with van der Waals surface area (Å²) in [6, 6.07) is 14.2. The molecule has 160 valence electrons. The molecule has 2 amide bonds. The largest absolute Gasteiger partial charge is 0.496 e. The number of likely N-dealkylation sites (tertiary alicyclic amines) is 2. The molecule has 1 aromatic carbocycles. The van der Waals surface area contributed by atoms with E-state index < -0.39 is 0 Å². The highest BCUT2D eigenvalue weighted by Gasteiger charge is 2.28. The second kappa shape index (κ2) is 9.94. The van der Waals surface area contributed by atoms with Crippen LogP contribution >= 0.6 is 0 Å². The van der Waals surface area contributed by atoms with E-state index in [1.165, 1.54) is 12.0 Å². The van der Waals surface area contributed by atoms with E-state index in [-0.39, 0.29) is 6.03 Å². The molecule has 1 aromatic heterocycles. The molecule has 0 N–H and O–H groups in total.